The molecule has 8 unspecified atom stereocenters. The van der Waals surface area contributed by atoms with E-state index in [0.717, 1.165) is 31.6 Å². The molecular weight excluding hydrogens is 508 g/mol. The van der Waals surface area contributed by atoms with Gasteiger partial charge in [-0.25, -0.2) is 4.79 Å². The second-order valence-corrected chi connectivity index (χ2v) is 15.5. The van der Waals surface area contributed by atoms with Gasteiger partial charge in [-0.15, -0.1) is 0 Å². The monoisotopic (exact) mass is 560 g/mol. The van der Waals surface area contributed by atoms with Gasteiger partial charge < -0.3 is 16.2 Å². The normalized spacial score (nSPS) is 40.8. The zero-order chi connectivity index (χ0) is 29.2. The van der Waals surface area contributed by atoms with Crippen molar-refractivity contribution in [1.29, 1.82) is 0 Å². The number of nitrogens with two attached hydrogens (primary N) is 1. The van der Waals surface area contributed by atoms with E-state index in [2.05, 4.69) is 39.1 Å². The van der Waals surface area contributed by atoms with Gasteiger partial charge in [0.1, 0.15) is 0 Å². The Bertz CT molecular complexity index is 1220. The standard InChI is InChI=1S/C36H52N2O3/c1-33(2)26(23-8-10-24(11-9-23)31(39)40)14-18-35(4)29(33)16-19-34(3)27-15-20-36(32(41)38-22-6-21-37)17-5-7-28(36)25(27)12-13-30(34)35/h8-11,14,25,27-30H,5-7,12-13,15-22,37H2,1-4H3,(H,38,41)(H,39,40). The first-order valence-corrected chi connectivity index (χ1v) is 16.5. The average Bonchev–Trinajstić information content (AvgIpc) is 3.39. The first kappa shape index (κ1) is 29.0. The third kappa shape index (κ3) is 4.26. The molecule has 4 saturated carbocycles. The van der Waals surface area contributed by atoms with Crippen molar-refractivity contribution in [2.75, 3.05) is 13.1 Å². The lowest BCUT2D eigenvalue weighted by Crippen LogP contribution is -2.62. The van der Waals surface area contributed by atoms with Gasteiger partial charge in [-0.2, -0.15) is 0 Å². The molecule has 5 aliphatic carbocycles. The minimum Gasteiger partial charge on any atom is -0.478 e. The number of nitrogens with one attached hydrogen (secondary N) is 1. The van der Waals surface area contributed by atoms with Gasteiger partial charge in [-0.3, -0.25) is 4.79 Å². The fraction of sp³-hybridized carbons (Fsp3) is 0.722. The summed E-state index contributed by atoms with van der Waals surface area (Å²) in [5, 5.41) is 12.7. The number of carboxylic acids is 1. The third-order valence-electron chi connectivity index (χ3n) is 13.7. The predicted octanol–water partition coefficient (Wildman–Crippen LogP) is 7.31. The molecule has 0 bridgehead atoms. The van der Waals surface area contributed by atoms with E-state index in [9.17, 15) is 14.7 Å². The first-order valence-electron chi connectivity index (χ1n) is 16.5. The highest BCUT2D eigenvalue weighted by Gasteiger charge is 2.66. The largest absolute Gasteiger partial charge is 0.478 e. The maximum atomic E-state index is 13.6. The van der Waals surface area contributed by atoms with E-state index in [1.54, 1.807) is 12.1 Å². The molecule has 0 aromatic heterocycles. The van der Waals surface area contributed by atoms with E-state index in [1.165, 1.54) is 56.1 Å². The molecule has 1 aromatic carbocycles. The first-order chi connectivity index (χ1) is 19.5. The topological polar surface area (TPSA) is 92.4 Å². The number of carbonyl (C=O) groups excluding carboxylic acids is 1. The van der Waals surface area contributed by atoms with Crippen molar-refractivity contribution in [2.45, 2.75) is 98.3 Å². The molecule has 0 saturated heterocycles. The van der Waals surface area contributed by atoms with Gasteiger partial charge in [0, 0.05) is 6.54 Å². The van der Waals surface area contributed by atoms with Gasteiger partial charge >= 0.3 is 5.97 Å². The summed E-state index contributed by atoms with van der Waals surface area (Å²) in [6, 6.07) is 7.54. The van der Waals surface area contributed by atoms with E-state index >= 15 is 0 Å². The van der Waals surface area contributed by atoms with Crippen molar-refractivity contribution in [3.05, 3.63) is 41.5 Å². The van der Waals surface area contributed by atoms with E-state index in [1.807, 2.05) is 12.1 Å². The number of amides is 1. The van der Waals surface area contributed by atoms with Crippen LogP contribution < -0.4 is 11.1 Å². The summed E-state index contributed by atoms with van der Waals surface area (Å²) in [6.45, 7) is 11.5. The molecule has 0 spiro atoms. The van der Waals surface area contributed by atoms with Crippen LogP contribution in [-0.4, -0.2) is 30.1 Å². The Hall–Kier alpha value is -2.14. The summed E-state index contributed by atoms with van der Waals surface area (Å²) in [6.07, 6.45) is 15.4. The minimum absolute atomic E-state index is 0.0324. The maximum Gasteiger partial charge on any atom is 0.335 e. The van der Waals surface area contributed by atoms with E-state index in [4.69, 9.17) is 5.73 Å². The zero-order valence-electron chi connectivity index (χ0n) is 25.8. The lowest BCUT2D eigenvalue weighted by molar-refractivity contribution is -0.181. The number of hydrogen-bond donors (Lipinski definition) is 3. The Morgan fingerprint density at radius 1 is 0.902 bits per heavy atom. The minimum atomic E-state index is -0.868. The maximum absolute atomic E-state index is 13.6. The van der Waals surface area contributed by atoms with Crippen LogP contribution in [0.2, 0.25) is 0 Å². The summed E-state index contributed by atoms with van der Waals surface area (Å²) in [5.74, 6) is 2.73. The molecule has 224 valence electrons. The van der Waals surface area contributed by atoms with Crippen molar-refractivity contribution >= 4 is 17.4 Å². The van der Waals surface area contributed by atoms with Gasteiger partial charge in [-0.05, 0) is 140 Å². The van der Waals surface area contributed by atoms with Gasteiger partial charge in [0.15, 0.2) is 0 Å². The molecule has 6 rings (SSSR count). The smallest absolute Gasteiger partial charge is 0.335 e. The fourth-order valence-corrected chi connectivity index (χ4v) is 12.0. The van der Waals surface area contributed by atoms with Crippen LogP contribution in [0.3, 0.4) is 0 Å². The van der Waals surface area contributed by atoms with Crippen LogP contribution in [0.5, 0.6) is 0 Å². The highest BCUT2D eigenvalue weighted by atomic mass is 16.4. The Morgan fingerprint density at radius 3 is 2.37 bits per heavy atom. The molecule has 0 heterocycles. The average molecular weight is 561 g/mol. The summed E-state index contributed by atoms with van der Waals surface area (Å²) in [4.78, 5) is 25.1. The van der Waals surface area contributed by atoms with Crippen molar-refractivity contribution in [3.63, 3.8) is 0 Å². The van der Waals surface area contributed by atoms with Crippen LogP contribution in [0.1, 0.15) is 114 Å². The van der Waals surface area contributed by atoms with Crippen molar-refractivity contribution in [3.8, 4) is 0 Å². The summed E-state index contributed by atoms with van der Waals surface area (Å²) >= 11 is 0. The molecule has 41 heavy (non-hydrogen) atoms. The number of aromatic carboxylic acids is 1. The van der Waals surface area contributed by atoms with Crippen LogP contribution >= 0.6 is 0 Å². The predicted molar refractivity (Wildman–Crippen MR) is 164 cm³/mol. The Balaban J connectivity index is 1.26. The van der Waals surface area contributed by atoms with Crippen LogP contribution in [0.4, 0.5) is 0 Å². The van der Waals surface area contributed by atoms with Gasteiger partial charge in [0.25, 0.3) is 0 Å². The summed E-state index contributed by atoms with van der Waals surface area (Å²) in [5.41, 5.74) is 9.12. The molecule has 1 amide bonds. The zero-order valence-corrected chi connectivity index (χ0v) is 25.8. The van der Waals surface area contributed by atoms with Gasteiger partial charge in [-0.1, -0.05) is 52.3 Å². The van der Waals surface area contributed by atoms with E-state index in [-0.39, 0.29) is 16.2 Å². The van der Waals surface area contributed by atoms with Gasteiger partial charge in [0.05, 0.1) is 11.0 Å². The quantitative estimate of drug-likeness (QED) is 0.318. The van der Waals surface area contributed by atoms with Crippen molar-refractivity contribution in [2.24, 2.45) is 57.0 Å². The second-order valence-electron chi connectivity index (χ2n) is 15.5. The molecule has 1 aromatic rings. The van der Waals surface area contributed by atoms with Crippen LogP contribution in [0, 0.1) is 51.2 Å². The number of carbonyl (C=O) groups is 2. The van der Waals surface area contributed by atoms with Crippen molar-refractivity contribution < 1.29 is 14.7 Å². The van der Waals surface area contributed by atoms with Crippen molar-refractivity contribution in [1.82, 2.24) is 5.32 Å². The highest BCUT2D eigenvalue weighted by molar-refractivity contribution is 5.88. The molecule has 0 aliphatic heterocycles. The molecule has 4 N–H and O–H groups in total. The number of fused-ring (bicyclic) bond motifs is 7. The lowest BCUT2D eigenvalue weighted by Gasteiger charge is -2.68. The van der Waals surface area contributed by atoms with Crippen LogP contribution in [-0.2, 0) is 4.79 Å². The Morgan fingerprint density at radius 2 is 1.66 bits per heavy atom. The molecule has 0 radical (unpaired) electrons. The summed E-state index contributed by atoms with van der Waals surface area (Å²) in [7, 11) is 0. The number of rotatable bonds is 6. The number of allylic oxidation sites excluding steroid dienone is 2. The van der Waals surface area contributed by atoms with Gasteiger partial charge in [0.2, 0.25) is 5.91 Å². The highest BCUT2D eigenvalue weighted by Crippen LogP contribution is 2.73. The molecular formula is C36H52N2O3. The molecule has 5 aliphatic rings. The van der Waals surface area contributed by atoms with Crippen LogP contribution in [0.25, 0.3) is 5.57 Å². The number of carboxylic acid groups (broad SMARTS) is 1. The van der Waals surface area contributed by atoms with E-state index in [0.29, 0.717) is 53.6 Å². The Kier molecular flexibility index (Phi) is 7.23. The Labute approximate surface area is 247 Å². The lowest BCUT2D eigenvalue weighted by atomic mass is 9.36. The summed E-state index contributed by atoms with van der Waals surface area (Å²) < 4.78 is 0. The molecule has 5 nitrogen and oxygen atoms in total. The third-order valence-corrected chi connectivity index (χ3v) is 13.7. The number of hydrogen-bond acceptors (Lipinski definition) is 3. The van der Waals surface area contributed by atoms with E-state index < -0.39 is 5.97 Å². The fourth-order valence-electron chi connectivity index (χ4n) is 12.0. The SMILES string of the molecule is CC1(C)C(c2ccc(C(=O)O)cc2)=CCC2(C)C1CCC1(C)C3CCC4(C(=O)NCCCN)CCCC4C3CCC12. The second kappa shape index (κ2) is 10.2. The molecule has 5 heteroatoms. The van der Waals surface area contributed by atoms with Crippen LogP contribution in [0.15, 0.2) is 30.3 Å². The number of benzene rings is 1. The molecule has 8 atom stereocenters. The molecule has 4 fully saturated rings.